The molecule has 3 rings (SSSR count). The van der Waals surface area contributed by atoms with Crippen LogP contribution in [0.2, 0.25) is 0 Å². The van der Waals surface area contributed by atoms with E-state index in [-0.39, 0.29) is 0 Å². The van der Waals surface area contributed by atoms with Crippen LogP contribution in [0.25, 0.3) is 0 Å². The average Bonchev–Trinajstić information content (AvgIpc) is 3.12. The first kappa shape index (κ1) is 11.9. The molecular weight excluding hydrogens is 238 g/mol. The van der Waals surface area contributed by atoms with Crippen molar-refractivity contribution in [3.63, 3.8) is 0 Å². The molecular formula is C14H15N5. The maximum atomic E-state index is 9.73. The molecule has 19 heavy (non-hydrogen) atoms. The molecule has 1 aromatic heterocycles. The normalized spacial score (nSPS) is 17.6. The fourth-order valence-corrected chi connectivity index (χ4v) is 2.21. The summed E-state index contributed by atoms with van der Waals surface area (Å²) in [5.41, 5.74) is 0.232. The third-order valence-electron chi connectivity index (χ3n) is 3.35. The van der Waals surface area contributed by atoms with Gasteiger partial charge in [0, 0.05) is 6.04 Å². The summed E-state index contributed by atoms with van der Waals surface area (Å²) < 4.78 is 1.70. The van der Waals surface area contributed by atoms with Crippen LogP contribution < -0.4 is 5.32 Å². The van der Waals surface area contributed by atoms with Crippen molar-refractivity contribution >= 4 is 0 Å². The van der Waals surface area contributed by atoms with Crippen molar-refractivity contribution in [3.8, 4) is 6.07 Å². The number of nitrogens with one attached hydrogen (secondary N) is 1. The summed E-state index contributed by atoms with van der Waals surface area (Å²) in [5, 5.41) is 17.3. The summed E-state index contributed by atoms with van der Waals surface area (Å²) in [6, 6.07) is 12.7. The molecule has 5 nitrogen and oxygen atoms in total. The second-order valence-corrected chi connectivity index (χ2v) is 4.89. The molecule has 1 fully saturated rings. The molecule has 1 unspecified atom stereocenters. The van der Waals surface area contributed by atoms with Gasteiger partial charge in [0.15, 0.2) is 5.54 Å². The van der Waals surface area contributed by atoms with Crippen molar-refractivity contribution in [2.24, 2.45) is 0 Å². The zero-order valence-electron chi connectivity index (χ0n) is 10.5. The minimum atomic E-state index is -0.740. The third-order valence-corrected chi connectivity index (χ3v) is 3.35. The zero-order chi connectivity index (χ0) is 13.1. The molecule has 1 heterocycles. The molecule has 5 heteroatoms. The number of hydrogen-bond acceptors (Lipinski definition) is 4. The summed E-state index contributed by atoms with van der Waals surface area (Å²) in [5.74, 6) is 0. The molecule has 0 spiro atoms. The summed E-state index contributed by atoms with van der Waals surface area (Å²) in [6.45, 7) is 0.462. The maximum absolute atomic E-state index is 9.73. The Balaban J connectivity index is 1.95. The van der Waals surface area contributed by atoms with Crippen LogP contribution in [0.1, 0.15) is 18.4 Å². The van der Waals surface area contributed by atoms with Gasteiger partial charge < -0.3 is 0 Å². The number of rotatable bonds is 5. The Kier molecular flexibility index (Phi) is 3.02. The van der Waals surface area contributed by atoms with Gasteiger partial charge in [0.2, 0.25) is 0 Å². The van der Waals surface area contributed by atoms with E-state index < -0.39 is 5.54 Å². The SMILES string of the molecule is N#CC(Cn1cncn1)(NC1CC1)c1ccccc1. The molecule has 0 saturated heterocycles. The lowest BCUT2D eigenvalue weighted by Gasteiger charge is -2.28. The Bertz CT molecular complexity index is 568. The highest BCUT2D eigenvalue weighted by molar-refractivity contribution is 5.31. The molecule has 2 aromatic rings. The predicted molar refractivity (Wildman–Crippen MR) is 69.9 cm³/mol. The van der Waals surface area contributed by atoms with Crippen LogP contribution in [-0.4, -0.2) is 20.8 Å². The van der Waals surface area contributed by atoms with Gasteiger partial charge in [-0.05, 0) is 18.4 Å². The van der Waals surface area contributed by atoms with Crippen molar-refractivity contribution in [2.75, 3.05) is 0 Å². The largest absolute Gasteiger partial charge is 0.291 e. The molecule has 1 saturated carbocycles. The standard InChI is InChI=1S/C14H15N5/c15-8-14(18-13-6-7-13,9-19-11-16-10-17-19)12-4-2-1-3-5-12/h1-5,10-11,13,18H,6-7,9H2. The summed E-state index contributed by atoms with van der Waals surface area (Å²) in [4.78, 5) is 3.94. The Morgan fingerprint density at radius 3 is 2.74 bits per heavy atom. The topological polar surface area (TPSA) is 66.5 Å². The Labute approximate surface area is 111 Å². The van der Waals surface area contributed by atoms with Gasteiger partial charge in [-0.1, -0.05) is 30.3 Å². The molecule has 0 radical (unpaired) electrons. The van der Waals surface area contributed by atoms with E-state index in [4.69, 9.17) is 0 Å². The van der Waals surface area contributed by atoms with Crippen LogP contribution in [0.15, 0.2) is 43.0 Å². The molecule has 96 valence electrons. The fourth-order valence-electron chi connectivity index (χ4n) is 2.21. The van der Waals surface area contributed by atoms with Gasteiger partial charge >= 0.3 is 0 Å². The minimum absolute atomic E-state index is 0.434. The molecule has 1 atom stereocenters. The first-order valence-electron chi connectivity index (χ1n) is 6.39. The fraction of sp³-hybridized carbons (Fsp3) is 0.357. The van der Waals surface area contributed by atoms with Gasteiger partial charge in [0.05, 0.1) is 12.6 Å². The lowest BCUT2D eigenvalue weighted by molar-refractivity contribution is 0.347. The van der Waals surface area contributed by atoms with E-state index in [2.05, 4.69) is 21.5 Å². The van der Waals surface area contributed by atoms with Crippen molar-refractivity contribution in [3.05, 3.63) is 48.5 Å². The lowest BCUT2D eigenvalue weighted by atomic mass is 9.91. The van der Waals surface area contributed by atoms with Gasteiger partial charge in [-0.3, -0.25) is 5.32 Å². The molecule has 1 aliphatic carbocycles. The second-order valence-electron chi connectivity index (χ2n) is 4.89. The Morgan fingerprint density at radius 1 is 1.37 bits per heavy atom. The van der Waals surface area contributed by atoms with Crippen molar-refractivity contribution < 1.29 is 0 Å². The number of nitrogens with zero attached hydrogens (tertiary/aromatic N) is 4. The minimum Gasteiger partial charge on any atom is -0.291 e. The number of nitriles is 1. The molecule has 0 bridgehead atoms. The van der Waals surface area contributed by atoms with Gasteiger partial charge in [-0.15, -0.1) is 0 Å². The van der Waals surface area contributed by atoms with Gasteiger partial charge in [-0.25, -0.2) is 9.67 Å². The van der Waals surface area contributed by atoms with Crippen LogP contribution >= 0.6 is 0 Å². The molecule has 1 aliphatic rings. The highest BCUT2D eigenvalue weighted by atomic mass is 15.3. The highest BCUT2D eigenvalue weighted by Gasteiger charge is 2.38. The Morgan fingerprint density at radius 2 is 2.16 bits per heavy atom. The van der Waals surface area contributed by atoms with Crippen LogP contribution in [0.5, 0.6) is 0 Å². The van der Waals surface area contributed by atoms with E-state index in [1.807, 2.05) is 30.3 Å². The number of hydrogen-bond donors (Lipinski definition) is 1. The zero-order valence-corrected chi connectivity index (χ0v) is 10.5. The number of benzene rings is 1. The highest BCUT2D eigenvalue weighted by Crippen LogP contribution is 2.29. The summed E-state index contributed by atoms with van der Waals surface area (Å²) >= 11 is 0. The number of aromatic nitrogens is 3. The van der Waals surface area contributed by atoms with Gasteiger partial charge in [0.25, 0.3) is 0 Å². The molecule has 1 N–H and O–H groups in total. The van der Waals surface area contributed by atoms with Gasteiger partial charge in [0.1, 0.15) is 12.7 Å². The first-order valence-corrected chi connectivity index (χ1v) is 6.39. The second kappa shape index (κ2) is 4.82. The van der Waals surface area contributed by atoms with Crippen LogP contribution in [-0.2, 0) is 12.1 Å². The van der Waals surface area contributed by atoms with Crippen LogP contribution in [0, 0.1) is 11.3 Å². The van der Waals surface area contributed by atoms with E-state index in [0.717, 1.165) is 18.4 Å². The summed E-state index contributed by atoms with van der Waals surface area (Å²) in [7, 11) is 0. The molecule has 0 amide bonds. The Hall–Kier alpha value is -2.19. The molecule has 0 aliphatic heterocycles. The first-order chi connectivity index (χ1) is 9.32. The quantitative estimate of drug-likeness (QED) is 0.875. The monoisotopic (exact) mass is 253 g/mol. The van der Waals surface area contributed by atoms with E-state index >= 15 is 0 Å². The van der Waals surface area contributed by atoms with Crippen molar-refractivity contribution in [2.45, 2.75) is 31.0 Å². The van der Waals surface area contributed by atoms with E-state index in [9.17, 15) is 5.26 Å². The average molecular weight is 253 g/mol. The van der Waals surface area contributed by atoms with E-state index in [0.29, 0.717) is 12.6 Å². The predicted octanol–water partition coefficient (Wildman–Crippen LogP) is 1.45. The molecule has 1 aromatic carbocycles. The van der Waals surface area contributed by atoms with E-state index in [1.54, 1.807) is 11.0 Å². The van der Waals surface area contributed by atoms with Crippen LogP contribution in [0.4, 0.5) is 0 Å². The smallest absolute Gasteiger partial charge is 0.152 e. The third kappa shape index (κ3) is 2.49. The van der Waals surface area contributed by atoms with Crippen LogP contribution in [0.3, 0.4) is 0 Å². The lowest BCUT2D eigenvalue weighted by Crippen LogP contribution is -2.46. The van der Waals surface area contributed by atoms with Crippen molar-refractivity contribution in [1.82, 2.24) is 20.1 Å². The maximum Gasteiger partial charge on any atom is 0.152 e. The van der Waals surface area contributed by atoms with Gasteiger partial charge in [-0.2, -0.15) is 10.4 Å². The summed E-state index contributed by atoms with van der Waals surface area (Å²) in [6.07, 6.45) is 5.40. The van der Waals surface area contributed by atoms with Crippen molar-refractivity contribution in [1.29, 1.82) is 5.26 Å². The van der Waals surface area contributed by atoms with E-state index in [1.165, 1.54) is 6.33 Å².